The fraction of sp³-hybridized carbons (Fsp3) is 1.00. The minimum Gasteiger partial charge on any atom is -0.254 e. The van der Waals surface area contributed by atoms with Crippen molar-refractivity contribution < 1.29 is 12.9 Å². The maximum Gasteiger partial charge on any atom is 0.762 e. The summed E-state index contributed by atoms with van der Waals surface area (Å²) in [5.41, 5.74) is 0. The maximum absolute atomic E-state index is 9.67. The molecule has 0 aromatic carbocycles. The van der Waals surface area contributed by atoms with E-state index in [1.807, 2.05) is 0 Å². The molecule has 0 aliphatic carbocycles. The predicted molar refractivity (Wildman–Crippen MR) is 36.8 cm³/mol. The minimum absolute atomic E-state index is 0.878. The molecular formula is C2H6BF3S2. The second kappa shape index (κ2) is 10.5. The fourth-order valence-electron chi connectivity index (χ4n) is 0. The molecule has 0 amide bonds. The van der Waals surface area contributed by atoms with Gasteiger partial charge in [0.1, 0.15) is 0 Å². The lowest BCUT2D eigenvalue weighted by Crippen LogP contribution is -1.76. The van der Waals surface area contributed by atoms with Gasteiger partial charge in [0.2, 0.25) is 0 Å². The highest BCUT2D eigenvalue weighted by Crippen LogP contribution is 1.80. The van der Waals surface area contributed by atoms with Gasteiger partial charge in [-0.15, -0.1) is 0 Å². The largest absolute Gasteiger partial charge is 0.762 e. The lowest BCUT2D eigenvalue weighted by Gasteiger charge is -1.67. The van der Waals surface area contributed by atoms with Gasteiger partial charge in [-0.05, 0) is 11.5 Å². The first-order valence-electron chi connectivity index (χ1n) is 1.79. The summed E-state index contributed by atoms with van der Waals surface area (Å²) < 4.78 is 29.0. The van der Waals surface area contributed by atoms with Gasteiger partial charge in [-0.3, -0.25) is 12.9 Å². The van der Waals surface area contributed by atoms with Crippen LogP contribution in [0.15, 0.2) is 0 Å². The van der Waals surface area contributed by atoms with E-state index in [0.29, 0.717) is 0 Å². The molecule has 0 heterocycles. The first kappa shape index (κ1) is 11.4. The molecule has 8 heavy (non-hydrogen) atoms. The van der Waals surface area contributed by atoms with Gasteiger partial charge in [0.25, 0.3) is 0 Å². The molecule has 0 N–H and O–H groups in total. The van der Waals surface area contributed by atoms with Crippen molar-refractivity contribution in [2.24, 2.45) is 0 Å². The number of hydrogen-bond donors (Lipinski definition) is 2. The third-order valence-corrected chi connectivity index (χ3v) is 0.900. The van der Waals surface area contributed by atoms with E-state index in [2.05, 4.69) is 25.3 Å². The third kappa shape index (κ3) is 83.7. The molecule has 0 atom stereocenters. The van der Waals surface area contributed by atoms with Crippen LogP contribution in [0.3, 0.4) is 0 Å². The number of hydrogen-bond acceptors (Lipinski definition) is 2. The van der Waals surface area contributed by atoms with Crippen LogP contribution in [0, 0.1) is 0 Å². The van der Waals surface area contributed by atoms with E-state index in [1.54, 1.807) is 0 Å². The van der Waals surface area contributed by atoms with E-state index in [9.17, 15) is 12.9 Å². The molecule has 0 aromatic heterocycles. The summed E-state index contributed by atoms with van der Waals surface area (Å²) in [6, 6.07) is 0. The molecule has 0 aliphatic rings. The molecular weight excluding hydrogens is 156 g/mol. The van der Waals surface area contributed by atoms with Crippen molar-refractivity contribution in [3.8, 4) is 0 Å². The van der Waals surface area contributed by atoms with Gasteiger partial charge in [-0.25, -0.2) is 0 Å². The van der Waals surface area contributed by atoms with Crippen molar-refractivity contribution in [2.45, 2.75) is 0 Å². The highest BCUT2D eigenvalue weighted by atomic mass is 32.1. The molecule has 0 unspecified atom stereocenters. The molecule has 6 heteroatoms. The normalized spacial score (nSPS) is 7.12. The average Bonchev–Trinajstić information content (AvgIpc) is 1.65. The molecule has 0 spiro atoms. The Hall–Kier alpha value is 0.555. The van der Waals surface area contributed by atoms with Gasteiger partial charge < -0.3 is 0 Å². The highest BCUT2D eigenvalue weighted by molar-refractivity contribution is 7.84. The second-order valence-corrected chi connectivity index (χ2v) is 1.59. The van der Waals surface area contributed by atoms with Crippen LogP contribution in [0.1, 0.15) is 0 Å². The molecule has 0 saturated heterocycles. The zero-order chi connectivity index (χ0) is 6.99. The fourth-order valence-corrected chi connectivity index (χ4v) is 0. The van der Waals surface area contributed by atoms with Crippen LogP contribution in [0.4, 0.5) is 12.9 Å². The van der Waals surface area contributed by atoms with Crippen LogP contribution >= 0.6 is 25.3 Å². The first-order chi connectivity index (χ1) is 3.65. The van der Waals surface area contributed by atoms with Crippen molar-refractivity contribution in [3.05, 3.63) is 0 Å². The van der Waals surface area contributed by atoms with Crippen LogP contribution < -0.4 is 0 Å². The summed E-state index contributed by atoms with van der Waals surface area (Å²) in [4.78, 5) is 0. The smallest absolute Gasteiger partial charge is 0.254 e. The van der Waals surface area contributed by atoms with E-state index >= 15 is 0 Å². The third-order valence-electron chi connectivity index (χ3n) is 0.1000. The van der Waals surface area contributed by atoms with E-state index in [0.717, 1.165) is 11.5 Å². The predicted octanol–water partition coefficient (Wildman–Crippen LogP) is 1.73. The Kier molecular flexibility index (Phi) is 14.9. The highest BCUT2D eigenvalue weighted by Gasteiger charge is 2.06. The minimum atomic E-state index is -3.67. The van der Waals surface area contributed by atoms with Gasteiger partial charge in [-0.2, -0.15) is 25.3 Å². The van der Waals surface area contributed by atoms with E-state index in [1.165, 1.54) is 0 Å². The van der Waals surface area contributed by atoms with Crippen molar-refractivity contribution in [1.29, 1.82) is 0 Å². The van der Waals surface area contributed by atoms with Crippen molar-refractivity contribution in [2.75, 3.05) is 11.5 Å². The maximum atomic E-state index is 9.67. The average molecular weight is 162 g/mol. The van der Waals surface area contributed by atoms with Gasteiger partial charge in [0.15, 0.2) is 0 Å². The zero-order valence-corrected chi connectivity index (χ0v) is 5.81. The Morgan fingerprint density at radius 2 is 1.12 bits per heavy atom. The Labute approximate surface area is 57.9 Å². The Morgan fingerprint density at radius 3 is 1.12 bits per heavy atom. The molecule has 0 saturated carbocycles. The van der Waals surface area contributed by atoms with Gasteiger partial charge in [-0.1, -0.05) is 0 Å². The Bertz CT molecular complexity index is 31.7. The summed E-state index contributed by atoms with van der Waals surface area (Å²) in [6.07, 6.45) is 0. The van der Waals surface area contributed by atoms with Gasteiger partial charge in [0.05, 0.1) is 0 Å². The van der Waals surface area contributed by atoms with E-state index in [4.69, 9.17) is 0 Å². The van der Waals surface area contributed by atoms with Crippen LogP contribution in [0.25, 0.3) is 0 Å². The van der Waals surface area contributed by atoms with Gasteiger partial charge in [0, 0.05) is 0 Å². The monoisotopic (exact) mass is 162 g/mol. The van der Waals surface area contributed by atoms with Crippen LogP contribution in [-0.4, -0.2) is 19.0 Å². The number of rotatable bonds is 1. The summed E-state index contributed by atoms with van der Waals surface area (Å²) in [6.45, 7) is 0. The number of halogens is 3. The quantitative estimate of drug-likeness (QED) is 0.425. The topological polar surface area (TPSA) is 0 Å². The van der Waals surface area contributed by atoms with Crippen molar-refractivity contribution >= 4 is 32.8 Å². The van der Waals surface area contributed by atoms with E-state index < -0.39 is 7.54 Å². The molecule has 0 bridgehead atoms. The Morgan fingerprint density at radius 1 is 1.00 bits per heavy atom. The lowest BCUT2D eigenvalue weighted by atomic mass is 10.5. The van der Waals surface area contributed by atoms with Gasteiger partial charge >= 0.3 is 7.54 Å². The summed E-state index contributed by atoms with van der Waals surface area (Å²) in [5.74, 6) is 1.76. The summed E-state index contributed by atoms with van der Waals surface area (Å²) in [7, 11) is -3.67. The Balaban J connectivity index is 0. The summed E-state index contributed by atoms with van der Waals surface area (Å²) in [5, 5.41) is 0. The zero-order valence-electron chi connectivity index (χ0n) is 4.02. The van der Waals surface area contributed by atoms with Crippen LogP contribution in [0.5, 0.6) is 0 Å². The lowest BCUT2D eigenvalue weighted by molar-refractivity contribution is 0.535. The molecule has 0 aromatic rings. The molecule has 0 aliphatic heterocycles. The first-order valence-corrected chi connectivity index (χ1v) is 3.05. The second-order valence-electron chi connectivity index (χ2n) is 0.695. The molecule has 50 valence electrons. The van der Waals surface area contributed by atoms with Crippen LogP contribution in [-0.2, 0) is 0 Å². The van der Waals surface area contributed by atoms with E-state index in [-0.39, 0.29) is 0 Å². The summed E-state index contributed by atoms with van der Waals surface area (Å²) >= 11 is 7.69. The molecule has 0 rings (SSSR count). The van der Waals surface area contributed by atoms with Crippen molar-refractivity contribution in [3.63, 3.8) is 0 Å². The van der Waals surface area contributed by atoms with Crippen LogP contribution in [0.2, 0.25) is 0 Å². The molecule has 0 nitrogen and oxygen atoms in total. The standard InChI is InChI=1S/C2H6S2.BF3/c3-1-2-4;2-1(3)4/h3-4H,1-2H2;. The van der Waals surface area contributed by atoms with Crippen molar-refractivity contribution in [1.82, 2.24) is 0 Å². The SMILES string of the molecule is FB(F)F.SCCS. The number of thiol groups is 2. The molecule has 0 radical (unpaired) electrons. The molecule has 0 fully saturated rings.